The molecular formula is C13H21NO4. The van der Waals surface area contributed by atoms with E-state index in [2.05, 4.69) is 0 Å². The molecule has 0 spiro atoms. The minimum Gasteiger partial charge on any atom is -0.464 e. The van der Waals surface area contributed by atoms with Gasteiger partial charge in [-0.1, -0.05) is 0 Å². The van der Waals surface area contributed by atoms with Gasteiger partial charge >= 0.3 is 5.97 Å². The summed E-state index contributed by atoms with van der Waals surface area (Å²) < 4.78 is 10.5. The number of carbonyl (C=O) groups is 2. The monoisotopic (exact) mass is 255 g/mol. The van der Waals surface area contributed by atoms with Crippen molar-refractivity contribution in [2.24, 2.45) is 0 Å². The molecule has 0 bridgehead atoms. The fraction of sp³-hybridized carbons (Fsp3) is 0.846. The Hall–Kier alpha value is -1.10. The van der Waals surface area contributed by atoms with Gasteiger partial charge in [0.05, 0.1) is 6.61 Å². The van der Waals surface area contributed by atoms with Gasteiger partial charge in [0, 0.05) is 13.2 Å². The van der Waals surface area contributed by atoms with E-state index in [9.17, 15) is 9.59 Å². The molecule has 18 heavy (non-hydrogen) atoms. The molecular weight excluding hydrogens is 234 g/mol. The van der Waals surface area contributed by atoms with Crippen LogP contribution in [0.1, 0.15) is 39.0 Å². The van der Waals surface area contributed by atoms with E-state index < -0.39 is 6.04 Å². The number of likely N-dealkylation sites (tertiary alicyclic amines) is 1. The molecule has 2 rings (SSSR count). The van der Waals surface area contributed by atoms with Gasteiger partial charge in [0.2, 0.25) is 0 Å². The average molecular weight is 255 g/mol. The molecule has 2 atom stereocenters. The lowest BCUT2D eigenvalue weighted by molar-refractivity contribution is -0.160. The molecule has 0 saturated carbocycles. The predicted molar refractivity (Wildman–Crippen MR) is 65.0 cm³/mol. The fourth-order valence-electron chi connectivity index (χ4n) is 2.64. The Morgan fingerprint density at radius 3 is 2.78 bits per heavy atom. The number of amides is 1. The van der Waals surface area contributed by atoms with Gasteiger partial charge in [-0.3, -0.25) is 4.79 Å². The average Bonchev–Trinajstić information content (AvgIpc) is 2.92. The lowest BCUT2D eigenvalue weighted by Crippen LogP contribution is -2.51. The van der Waals surface area contributed by atoms with Crippen molar-refractivity contribution in [3.05, 3.63) is 0 Å². The van der Waals surface area contributed by atoms with E-state index in [0.29, 0.717) is 26.2 Å². The molecule has 2 aliphatic heterocycles. The molecule has 2 unspecified atom stereocenters. The zero-order valence-electron chi connectivity index (χ0n) is 10.9. The lowest BCUT2D eigenvalue weighted by Gasteiger charge is -2.35. The highest BCUT2D eigenvalue weighted by molar-refractivity contribution is 5.87. The summed E-state index contributed by atoms with van der Waals surface area (Å²) in [6, 6.07) is -0.407. The van der Waals surface area contributed by atoms with E-state index in [1.54, 1.807) is 11.8 Å². The molecule has 2 heterocycles. The van der Waals surface area contributed by atoms with Crippen LogP contribution < -0.4 is 0 Å². The zero-order valence-corrected chi connectivity index (χ0v) is 10.9. The Morgan fingerprint density at radius 2 is 2.11 bits per heavy atom. The van der Waals surface area contributed by atoms with Crippen LogP contribution in [0, 0.1) is 0 Å². The van der Waals surface area contributed by atoms with E-state index in [-0.39, 0.29) is 18.0 Å². The van der Waals surface area contributed by atoms with E-state index >= 15 is 0 Å². The summed E-state index contributed by atoms with van der Waals surface area (Å²) in [4.78, 5) is 25.8. The number of carbonyl (C=O) groups excluding carboxylic acids is 2. The van der Waals surface area contributed by atoms with Gasteiger partial charge in [-0.15, -0.1) is 0 Å². The van der Waals surface area contributed by atoms with Crippen LogP contribution in [0.5, 0.6) is 0 Å². The van der Waals surface area contributed by atoms with Crippen LogP contribution in [0.3, 0.4) is 0 Å². The summed E-state index contributed by atoms with van der Waals surface area (Å²) in [7, 11) is 0. The largest absolute Gasteiger partial charge is 0.464 e. The van der Waals surface area contributed by atoms with Crippen LogP contribution in [0.15, 0.2) is 0 Å². The maximum atomic E-state index is 12.3. The van der Waals surface area contributed by atoms with Crippen molar-refractivity contribution in [2.45, 2.75) is 51.2 Å². The van der Waals surface area contributed by atoms with Crippen LogP contribution in [-0.4, -0.2) is 48.7 Å². The molecule has 0 radical (unpaired) electrons. The maximum Gasteiger partial charge on any atom is 0.328 e. The van der Waals surface area contributed by atoms with Crippen LogP contribution in [0.4, 0.5) is 0 Å². The Bertz CT molecular complexity index is 312. The molecule has 0 aromatic rings. The number of rotatable bonds is 3. The Labute approximate surface area is 107 Å². The first-order valence-electron chi connectivity index (χ1n) is 6.82. The van der Waals surface area contributed by atoms with Crippen molar-refractivity contribution < 1.29 is 19.1 Å². The Balaban J connectivity index is 2.02. The SMILES string of the molecule is CCOC(=O)C1CCCCN1C(=O)C1CCCO1. The van der Waals surface area contributed by atoms with Crippen molar-refractivity contribution >= 4 is 11.9 Å². The van der Waals surface area contributed by atoms with Gasteiger partial charge in [0.25, 0.3) is 5.91 Å². The second-order valence-electron chi connectivity index (χ2n) is 4.80. The fourth-order valence-corrected chi connectivity index (χ4v) is 2.64. The van der Waals surface area contributed by atoms with Gasteiger partial charge in [-0.2, -0.15) is 0 Å². The Kier molecular flexibility index (Phi) is 4.58. The zero-order chi connectivity index (χ0) is 13.0. The van der Waals surface area contributed by atoms with E-state index in [0.717, 1.165) is 25.7 Å². The standard InChI is InChI=1S/C13H21NO4/c1-2-17-13(16)10-6-3-4-8-14(10)12(15)11-7-5-9-18-11/h10-11H,2-9H2,1H3. The second-order valence-corrected chi connectivity index (χ2v) is 4.80. The Morgan fingerprint density at radius 1 is 1.28 bits per heavy atom. The van der Waals surface area contributed by atoms with E-state index in [1.165, 1.54) is 0 Å². The number of esters is 1. The second kappa shape index (κ2) is 6.18. The van der Waals surface area contributed by atoms with Gasteiger partial charge in [0.1, 0.15) is 12.1 Å². The summed E-state index contributed by atoms with van der Waals surface area (Å²) in [5.41, 5.74) is 0. The van der Waals surface area contributed by atoms with Crippen molar-refractivity contribution in [1.82, 2.24) is 4.90 Å². The van der Waals surface area contributed by atoms with Crippen LogP contribution in [0.2, 0.25) is 0 Å². The smallest absolute Gasteiger partial charge is 0.328 e. The molecule has 0 N–H and O–H groups in total. The van der Waals surface area contributed by atoms with Crippen LogP contribution in [0.25, 0.3) is 0 Å². The first kappa shape index (κ1) is 13.3. The molecule has 102 valence electrons. The number of hydrogen-bond acceptors (Lipinski definition) is 4. The highest BCUT2D eigenvalue weighted by atomic mass is 16.5. The number of nitrogens with zero attached hydrogens (tertiary/aromatic N) is 1. The minimum absolute atomic E-state index is 0.0368. The highest BCUT2D eigenvalue weighted by Crippen LogP contribution is 2.23. The van der Waals surface area contributed by atoms with Gasteiger partial charge < -0.3 is 14.4 Å². The topological polar surface area (TPSA) is 55.8 Å². The lowest BCUT2D eigenvalue weighted by atomic mass is 10.0. The molecule has 5 nitrogen and oxygen atoms in total. The van der Waals surface area contributed by atoms with Crippen molar-refractivity contribution in [2.75, 3.05) is 19.8 Å². The molecule has 0 aliphatic carbocycles. The van der Waals surface area contributed by atoms with Gasteiger partial charge in [-0.05, 0) is 39.0 Å². The van der Waals surface area contributed by atoms with E-state index in [4.69, 9.17) is 9.47 Å². The highest BCUT2D eigenvalue weighted by Gasteiger charge is 2.37. The molecule has 2 saturated heterocycles. The van der Waals surface area contributed by atoms with Gasteiger partial charge in [-0.25, -0.2) is 4.79 Å². The summed E-state index contributed by atoms with van der Waals surface area (Å²) in [5, 5.41) is 0. The molecule has 0 aromatic carbocycles. The third-order valence-electron chi connectivity index (χ3n) is 3.55. The summed E-state index contributed by atoms with van der Waals surface area (Å²) in [6.45, 7) is 3.43. The van der Waals surface area contributed by atoms with Crippen molar-refractivity contribution in [3.63, 3.8) is 0 Å². The number of hydrogen-bond donors (Lipinski definition) is 0. The summed E-state index contributed by atoms with van der Waals surface area (Å²) in [5.74, 6) is -0.311. The quantitative estimate of drug-likeness (QED) is 0.709. The van der Waals surface area contributed by atoms with Crippen molar-refractivity contribution in [3.8, 4) is 0 Å². The number of ether oxygens (including phenoxy) is 2. The maximum absolute atomic E-state index is 12.3. The first-order chi connectivity index (χ1) is 8.74. The van der Waals surface area contributed by atoms with Crippen LogP contribution >= 0.6 is 0 Å². The third kappa shape index (κ3) is 2.83. The summed E-state index contributed by atoms with van der Waals surface area (Å²) >= 11 is 0. The van der Waals surface area contributed by atoms with Crippen LogP contribution in [-0.2, 0) is 19.1 Å². The van der Waals surface area contributed by atoms with Gasteiger partial charge in [0.15, 0.2) is 0 Å². The molecule has 1 amide bonds. The van der Waals surface area contributed by atoms with Crippen molar-refractivity contribution in [1.29, 1.82) is 0 Å². The molecule has 2 aliphatic rings. The first-order valence-corrected chi connectivity index (χ1v) is 6.82. The molecule has 5 heteroatoms. The minimum atomic E-state index is -0.407. The van der Waals surface area contributed by atoms with E-state index in [1.807, 2.05) is 0 Å². The third-order valence-corrected chi connectivity index (χ3v) is 3.55. The molecule has 0 aromatic heterocycles. The molecule has 2 fully saturated rings. The predicted octanol–water partition coefficient (Wildman–Crippen LogP) is 1.11. The number of piperidine rings is 1. The normalized spacial score (nSPS) is 28.2. The summed E-state index contributed by atoms with van der Waals surface area (Å²) in [6.07, 6.45) is 3.98.